The van der Waals surface area contributed by atoms with Gasteiger partial charge in [-0.25, -0.2) is 5.43 Å². The third-order valence-electron chi connectivity index (χ3n) is 3.69. The van der Waals surface area contributed by atoms with Crippen LogP contribution in [0.15, 0.2) is 46.0 Å². The minimum absolute atomic E-state index is 0.0378. The molecule has 8 heteroatoms. The summed E-state index contributed by atoms with van der Waals surface area (Å²) >= 11 is 9.43. The minimum Gasteiger partial charge on any atom is -0.483 e. The molecule has 0 saturated heterocycles. The van der Waals surface area contributed by atoms with E-state index in [0.717, 1.165) is 15.6 Å². The molecule has 2 rings (SSSR count). The van der Waals surface area contributed by atoms with Crippen LogP contribution in [0.3, 0.4) is 0 Å². The van der Waals surface area contributed by atoms with Gasteiger partial charge in [0.15, 0.2) is 6.61 Å². The molecule has 0 spiro atoms. The number of nitrogens with one attached hydrogen (secondary N) is 2. The number of hydrogen-bond donors (Lipinski definition) is 2. The first-order chi connectivity index (χ1) is 13.2. The topological polar surface area (TPSA) is 79.8 Å². The summed E-state index contributed by atoms with van der Waals surface area (Å²) in [6.07, 6.45) is 0.0378. The van der Waals surface area contributed by atoms with E-state index in [-0.39, 0.29) is 18.9 Å². The maximum atomic E-state index is 12.1. The van der Waals surface area contributed by atoms with Crippen molar-refractivity contribution in [3.05, 3.63) is 57.0 Å². The number of halogens is 2. The molecule has 2 aromatic carbocycles. The number of nitrogens with zero attached hydrogens (tertiary/aromatic N) is 1. The summed E-state index contributed by atoms with van der Waals surface area (Å²) in [5.41, 5.74) is 5.45. The first-order valence-electron chi connectivity index (χ1n) is 8.51. The van der Waals surface area contributed by atoms with Crippen molar-refractivity contribution < 1.29 is 14.3 Å². The fourth-order valence-electron chi connectivity index (χ4n) is 2.20. The molecule has 0 aromatic heterocycles. The van der Waals surface area contributed by atoms with Crippen LogP contribution in [0.5, 0.6) is 5.75 Å². The van der Waals surface area contributed by atoms with E-state index in [0.29, 0.717) is 22.2 Å². The summed E-state index contributed by atoms with van der Waals surface area (Å²) in [5, 5.41) is 7.24. The Morgan fingerprint density at radius 1 is 1.14 bits per heavy atom. The van der Waals surface area contributed by atoms with Gasteiger partial charge in [0.2, 0.25) is 5.91 Å². The van der Waals surface area contributed by atoms with Crippen LogP contribution in [0.25, 0.3) is 0 Å². The average molecular weight is 467 g/mol. The first kappa shape index (κ1) is 21.9. The highest BCUT2D eigenvalue weighted by Crippen LogP contribution is 2.25. The van der Waals surface area contributed by atoms with Crippen LogP contribution in [-0.4, -0.2) is 24.1 Å². The molecule has 0 bridgehead atoms. The fourth-order valence-corrected chi connectivity index (χ4v) is 2.99. The average Bonchev–Trinajstić information content (AvgIpc) is 2.62. The monoisotopic (exact) mass is 465 g/mol. The van der Waals surface area contributed by atoms with Gasteiger partial charge in [-0.3, -0.25) is 9.59 Å². The number of benzene rings is 2. The molecule has 0 aliphatic rings. The van der Waals surface area contributed by atoms with E-state index in [1.165, 1.54) is 0 Å². The van der Waals surface area contributed by atoms with Gasteiger partial charge in [-0.1, -0.05) is 23.7 Å². The van der Waals surface area contributed by atoms with Crippen molar-refractivity contribution in [3.63, 3.8) is 0 Å². The standard InChI is InChI=1S/C20H21BrClN3O3/c1-12-4-7-18(16(21)8-12)28-11-20(27)25-24-14(3)9-19(26)23-15-6-5-13(2)17(22)10-15/h4-8,10H,9,11H2,1-3H3,(H,23,26)(H,25,27)/b24-14-. The number of rotatable bonds is 7. The van der Waals surface area contributed by atoms with E-state index >= 15 is 0 Å². The molecule has 0 heterocycles. The zero-order chi connectivity index (χ0) is 20.7. The number of carbonyl (C=O) groups excluding carboxylic acids is 2. The van der Waals surface area contributed by atoms with Gasteiger partial charge < -0.3 is 10.1 Å². The smallest absolute Gasteiger partial charge is 0.277 e. The molecule has 0 aliphatic heterocycles. The summed E-state index contributed by atoms with van der Waals surface area (Å²) < 4.78 is 6.22. The third-order valence-corrected chi connectivity index (χ3v) is 4.72. The Morgan fingerprint density at radius 2 is 1.89 bits per heavy atom. The quantitative estimate of drug-likeness (QED) is 0.461. The summed E-state index contributed by atoms with van der Waals surface area (Å²) in [7, 11) is 0. The third kappa shape index (κ3) is 6.98. The lowest BCUT2D eigenvalue weighted by molar-refractivity contribution is -0.123. The Balaban J connectivity index is 1.79. The summed E-state index contributed by atoms with van der Waals surface area (Å²) in [6.45, 7) is 5.31. The fraction of sp³-hybridized carbons (Fsp3) is 0.250. The second kappa shape index (κ2) is 10.2. The Hall–Kier alpha value is -2.38. The van der Waals surface area contributed by atoms with Crippen molar-refractivity contribution in [2.45, 2.75) is 27.2 Å². The number of amides is 2. The van der Waals surface area contributed by atoms with Crippen molar-refractivity contribution in [1.29, 1.82) is 0 Å². The van der Waals surface area contributed by atoms with Crippen LogP contribution in [0.2, 0.25) is 5.02 Å². The van der Waals surface area contributed by atoms with E-state index < -0.39 is 5.91 Å². The maximum Gasteiger partial charge on any atom is 0.277 e. The SMILES string of the molecule is C/C(CC(=O)Nc1ccc(C)c(Cl)c1)=N/NC(=O)COc1ccc(C)cc1Br. The molecular formula is C20H21BrClN3O3. The van der Waals surface area contributed by atoms with E-state index in [1.807, 2.05) is 32.0 Å². The molecule has 0 aliphatic carbocycles. The second-order valence-corrected chi connectivity index (χ2v) is 7.56. The lowest BCUT2D eigenvalue weighted by Gasteiger charge is -2.08. The molecule has 2 aromatic rings. The Kier molecular flexibility index (Phi) is 8.02. The molecular weight excluding hydrogens is 446 g/mol. The molecule has 0 atom stereocenters. The van der Waals surface area contributed by atoms with Crippen LogP contribution in [0.4, 0.5) is 5.69 Å². The Bertz CT molecular complexity index is 916. The largest absolute Gasteiger partial charge is 0.483 e. The van der Waals surface area contributed by atoms with Gasteiger partial charge in [0.25, 0.3) is 5.91 Å². The molecule has 0 unspecified atom stereocenters. The maximum absolute atomic E-state index is 12.1. The first-order valence-corrected chi connectivity index (χ1v) is 9.68. The van der Waals surface area contributed by atoms with Gasteiger partial charge in [0, 0.05) is 16.4 Å². The summed E-state index contributed by atoms with van der Waals surface area (Å²) in [4.78, 5) is 23.9. The van der Waals surface area contributed by atoms with Crippen molar-refractivity contribution in [3.8, 4) is 5.75 Å². The van der Waals surface area contributed by atoms with Crippen LogP contribution < -0.4 is 15.5 Å². The van der Waals surface area contributed by atoms with E-state index in [1.54, 1.807) is 25.1 Å². The zero-order valence-corrected chi connectivity index (χ0v) is 18.1. The molecule has 2 N–H and O–H groups in total. The van der Waals surface area contributed by atoms with Crippen LogP contribution in [0.1, 0.15) is 24.5 Å². The highest BCUT2D eigenvalue weighted by molar-refractivity contribution is 9.10. The van der Waals surface area contributed by atoms with Crippen LogP contribution >= 0.6 is 27.5 Å². The van der Waals surface area contributed by atoms with Gasteiger partial charge in [-0.2, -0.15) is 5.10 Å². The summed E-state index contributed by atoms with van der Waals surface area (Å²) in [6, 6.07) is 10.8. The Morgan fingerprint density at radius 3 is 2.57 bits per heavy atom. The molecule has 148 valence electrons. The predicted octanol–water partition coefficient (Wildman–Crippen LogP) is 4.62. The normalized spacial score (nSPS) is 11.1. The zero-order valence-electron chi connectivity index (χ0n) is 15.8. The van der Waals surface area contributed by atoms with Gasteiger partial charge in [0.1, 0.15) is 5.75 Å². The van der Waals surface area contributed by atoms with E-state index in [9.17, 15) is 9.59 Å². The number of hydrogen-bond acceptors (Lipinski definition) is 4. The van der Waals surface area contributed by atoms with Gasteiger partial charge >= 0.3 is 0 Å². The number of ether oxygens (including phenoxy) is 1. The van der Waals surface area contributed by atoms with Crippen molar-refractivity contribution in [2.75, 3.05) is 11.9 Å². The van der Waals surface area contributed by atoms with Crippen LogP contribution in [-0.2, 0) is 9.59 Å². The predicted molar refractivity (Wildman–Crippen MR) is 115 cm³/mol. The molecule has 0 fully saturated rings. The summed E-state index contributed by atoms with van der Waals surface area (Å²) in [5.74, 6) is -0.106. The number of aryl methyl sites for hydroxylation is 2. The van der Waals surface area contributed by atoms with Gasteiger partial charge in [0.05, 0.1) is 10.9 Å². The molecule has 28 heavy (non-hydrogen) atoms. The molecule has 0 radical (unpaired) electrons. The second-order valence-electron chi connectivity index (χ2n) is 6.29. The number of hydrazone groups is 1. The minimum atomic E-state index is -0.419. The van der Waals surface area contributed by atoms with Crippen molar-refractivity contribution in [2.24, 2.45) is 5.10 Å². The Labute approximate surface area is 177 Å². The lowest BCUT2D eigenvalue weighted by atomic mass is 10.2. The molecule has 0 saturated carbocycles. The van der Waals surface area contributed by atoms with Gasteiger partial charge in [-0.05, 0) is 72.1 Å². The van der Waals surface area contributed by atoms with Crippen molar-refractivity contribution >= 4 is 50.7 Å². The highest BCUT2D eigenvalue weighted by atomic mass is 79.9. The van der Waals surface area contributed by atoms with Crippen LogP contribution in [0, 0.1) is 13.8 Å². The van der Waals surface area contributed by atoms with E-state index in [2.05, 4.69) is 31.8 Å². The van der Waals surface area contributed by atoms with Gasteiger partial charge in [-0.15, -0.1) is 0 Å². The molecule has 6 nitrogen and oxygen atoms in total. The highest BCUT2D eigenvalue weighted by Gasteiger charge is 2.08. The van der Waals surface area contributed by atoms with E-state index in [4.69, 9.17) is 16.3 Å². The number of anilines is 1. The van der Waals surface area contributed by atoms with Crippen molar-refractivity contribution in [1.82, 2.24) is 5.43 Å². The number of carbonyl (C=O) groups is 2. The lowest BCUT2D eigenvalue weighted by Crippen LogP contribution is -2.26. The molecule has 2 amide bonds.